The van der Waals surface area contributed by atoms with Gasteiger partial charge in [0.15, 0.2) is 0 Å². The average molecular weight is 564 g/mol. The highest BCUT2D eigenvalue weighted by atomic mass is 19.1. The molecule has 0 radical (unpaired) electrons. The lowest BCUT2D eigenvalue weighted by molar-refractivity contribution is -0.140. The molecular formula is C32H42FN5O3. The molecular weight excluding hydrogens is 521 g/mol. The van der Waals surface area contributed by atoms with Gasteiger partial charge in [-0.3, -0.25) is 9.59 Å². The SMILES string of the molecule is Cc1ncnc(C)c1C(=O)N1CC2CN(CCC3(c4cccc(F)c4)CCN(C(=O)C4CCOCC4)CC3)CC2C1. The molecule has 8 nitrogen and oxygen atoms in total. The molecule has 2 amide bonds. The zero-order valence-electron chi connectivity index (χ0n) is 24.4. The fourth-order valence-electron chi connectivity index (χ4n) is 7.73. The Kier molecular flexibility index (Phi) is 8.10. The summed E-state index contributed by atoms with van der Waals surface area (Å²) in [5, 5.41) is 0. The van der Waals surface area contributed by atoms with Crippen LogP contribution in [0.25, 0.3) is 0 Å². The van der Waals surface area contributed by atoms with E-state index in [4.69, 9.17) is 4.74 Å². The van der Waals surface area contributed by atoms with Crippen LogP contribution in [0.3, 0.4) is 0 Å². The van der Waals surface area contributed by atoms with Crippen molar-refractivity contribution in [2.24, 2.45) is 17.8 Å². The van der Waals surface area contributed by atoms with Crippen LogP contribution in [-0.2, 0) is 14.9 Å². The number of ether oxygens (including phenoxy) is 1. The van der Waals surface area contributed by atoms with Gasteiger partial charge in [-0.15, -0.1) is 0 Å². The number of halogens is 1. The van der Waals surface area contributed by atoms with E-state index < -0.39 is 0 Å². The molecule has 220 valence electrons. The predicted octanol–water partition coefficient (Wildman–Crippen LogP) is 3.61. The largest absolute Gasteiger partial charge is 0.381 e. The predicted molar refractivity (Wildman–Crippen MR) is 153 cm³/mol. The van der Waals surface area contributed by atoms with E-state index in [1.165, 1.54) is 12.4 Å². The number of carbonyl (C=O) groups is 2. The van der Waals surface area contributed by atoms with E-state index in [2.05, 4.69) is 20.9 Å². The normalized spacial score (nSPS) is 25.0. The first-order chi connectivity index (χ1) is 19.8. The van der Waals surface area contributed by atoms with Gasteiger partial charge in [0, 0.05) is 58.4 Å². The van der Waals surface area contributed by atoms with Crippen molar-refractivity contribution >= 4 is 11.8 Å². The number of aryl methyl sites for hydroxylation is 2. The van der Waals surface area contributed by atoms with Crippen molar-refractivity contribution < 1.29 is 18.7 Å². The van der Waals surface area contributed by atoms with Crippen molar-refractivity contribution in [2.75, 3.05) is 59.0 Å². The Morgan fingerprint density at radius 2 is 1.63 bits per heavy atom. The van der Waals surface area contributed by atoms with Crippen LogP contribution in [0.2, 0.25) is 0 Å². The lowest BCUT2D eigenvalue weighted by Crippen LogP contribution is -2.48. The summed E-state index contributed by atoms with van der Waals surface area (Å²) in [5.41, 5.74) is 3.04. The maximum absolute atomic E-state index is 14.4. The summed E-state index contributed by atoms with van der Waals surface area (Å²) >= 11 is 0. The molecule has 0 bridgehead atoms. The van der Waals surface area contributed by atoms with E-state index in [0.717, 1.165) is 94.9 Å². The summed E-state index contributed by atoms with van der Waals surface area (Å²) < 4.78 is 19.8. The summed E-state index contributed by atoms with van der Waals surface area (Å²) in [5.74, 6) is 1.12. The highest BCUT2D eigenvalue weighted by Gasteiger charge is 2.44. The fourth-order valence-corrected chi connectivity index (χ4v) is 7.73. The molecule has 2 atom stereocenters. The van der Waals surface area contributed by atoms with Gasteiger partial charge < -0.3 is 19.4 Å². The van der Waals surface area contributed by atoms with Crippen LogP contribution in [0, 0.1) is 37.4 Å². The van der Waals surface area contributed by atoms with Gasteiger partial charge in [-0.1, -0.05) is 12.1 Å². The first-order valence-corrected chi connectivity index (χ1v) is 15.3. The molecule has 5 heterocycles. The maximum atomic E-state index is 14.4. The Hall–Kier alpha value is -2.91. The zero-order chi connectivity index (χ0) is 28.6. The number of nitrogens with zero attached hydrogens (tertiary/aromatic N) is 5. The fraction of sp³-hybridized carbons (Fsp3) is 0.625. The van der Waals surface area contributed by atoms with E-state index in [0.29, 0.717) is 30.6 Å². The topological polar surface area (TPSA) is 78.9 Å². The molecule has 1 aromatic heterocycles. The molecule has 2 aromatic rings. The van der Waals surface area contributed by atoms with Crippen molar-refractivity contribution in [3.63, 3.8) is 0 Å². The van der Waals surface area contributed by atoms with Crippen molar-refractivity contribution in [3.05, 3.63) is 58.9 Å². The zero-order valence-corrected chi connectivity index (χ0v) is 24.4. The molecule has 0 saturated carbocycles. The average Bonchev–Trinajstić information content (AvgIpc) is 3.56. The molecule has 9 heteroatoms. The lowest BCUT2D eigenvalue weighted by atomic mass is 9.70. The Bertz CT molecular complexity index is 1240. The van der Waals surface area contributed by atoms with E-state index in [9.17, 15) is 14.0 Å². The summed E-state index contributed by atoms with van der Waals surface area (Å²) in [4.78, 5) is 41.6. The molecule has 4 aliphatic heterocycles. The lowest BCUT2D eigenvalue weighted by Gasteiger charge is -2.44. The van der Waals surface area contributed by atoms with Crippen molar-refractivity contribution in [2.45, 2.75) is 51.4 Å². The van der Waals surface area contributed by atoms with Crippen LogP contribution in [0.5, 0.6) is 0 Å². The smallest absolute Gasteiger partial charge is 0.257 e. The van der Waals surface area contributed by atoms with Gasteiger partial charge in [-0.05, 0) is 87.4 Å². The number of carbonyl (C=O) groups excluding carboxylic acids is 2. The molecule has 6 rings (SSSR count). The Labute approximate surface area is 242 Å². The standard InChI is InChI=1S/C32H42FN5O3/c1-22-29(23(2)35-21-34-22)31(40)38-19-25-17-36(18-26(25)20-38)11-8-32(27-4-3-5-28(33)16-27)9-12-37(13-10-32)30(39)24-6-14-41-15-7-24/h3-5,16,21,24-26H,6-15,17-20H2,1-2H3. The summed E-state index contributed by atoms with van der Waals surface area (Å²) in [6.07, 6.45) is 5.78. The molecule has 0 aliphatic carbocycles. The number of amides is 2. The second kappa shape index (κ2) is 11.8. The van der Waals surface area contributed by atoms with Gasteiger partial charge in [0.1, 0.15) is 12.1 Å². The molecule has 41 heavy (non-hydrogen) atoms. The van der Waals surface area contributed by atoms with E-state index >= 15 is 0 Å². The Morgan fingerprint density at radius 1 is 0.976 bits per heavy atom. The van der Waals surface area contributed by atoms with Gasteiger partial charge >= 0.3 is 0 Å². The van der Waals surface area contributed by atoms with Crippen LogP contribution < -0.4 is 0 Å². The number of rotatable bonds is 6. The van der Waals surface area contributed by atoms with Gasteiger partial charge in [-0.2, -0.15) is 0 Å². The monoisotopic (exact) mass is 563 g/mol. The number of fused-ring (bicyclic) bond motifs is 1. The summed E-state index contributed by atoms with van der Waals surface area (Å²) in [7, 11) is 0. The molecule has 4 aliphatic rings. The quantitative estimate of drug-likeness (QED) is 0.535. The van der Waals surface area contributed by atoms with Gasteiger partial charge in [0.25, 0.3) is 5.91 Å². The van der Waals surface area contributed by atoms with E-state index in [1.807, 2.05) is 29.7 Å². The third-order valence-corrected chi connectivity index (χ3v) is 10.2. The van der Waals surface area contributed by atoms with Gasteiger partial charge in [0.2, 0.25) is 5.91 Å². The summed E-state index contributed by atoms with van der Waals surface area (Å²) in [6.45, 7) is 11.0. The number of likely N-dealkylation sites (tertiary alicyclic amines) is 3. The van der Waals surface area contributed by atoms with E-state index in [1.54, 1.807) is 6.07 Å². The van der Waals surface area contributed by atoms with Crippen molar-refractivity contribution in [1.82, 2.24) is 24.7 Å². The Morgan fingerprint density at radius 3 is 2.27 bits per heavy atom. The molecule has 4 saturated heterocycles. The number of hydrogen-bond donors (Lipinski definition) is 0. The molecule has 4 fully saturated rings. The minimum absolute atomic E-state index is 0.0497. The van der Waals surface area contributed by atoms with Crippen molar-refractivity contribution in [1.29, 1.82) is 0 Å². The number of piperidine rings is 1. The van der Waals surface area contributed by atoms with Crippen LogP contribution in [0.15, 0.2) is 30.6 Å². The van der Waals surface area contributed by atoms with Crippen molar-refractivity contribution in [3.8, 4) is 0 Å². The first kappa shape index (κ1) is 28.2. The third-order valence-electron chi connectivity index (χ3n) is 10.2. The van der Waals surface area contributed by atoms with Crippen LogP contribution in [0.4, 0.5) is 4.39 Å². The minimum atomic E-state index is -0.197. The molecule has 2 unspecified atom stereocenters. The first-order valence-electron chi connectivity index (χ1n) is 15.3. The number of benzene rings is 1. The van der Waals surface area contributed by atoms with Crippen LogP contribution in [0.1, 0.15) is 59.4 Å². The third kappa shape index (κ3) is 5.75. The second-order valence-corrected chi connectivity index (χ2v) is 12.7. The Balaban J connectivity index is 1.08. The maximum Gasteiger partial charge on any atom is 0.257 e. The highest BCUT2D eigenvalue weighted by molar-refractivity contribution is 5.96. The highest BCUT2D eigenvalue weighted by Crippen LogP contribution is 2.41. The molecule has 0 spiro atoms. The molecule has 0 N–H and O–H groups in total. The van der Waals surface area contributed by atoms with Gasteiger partial charge in [-0.25, -0.2) is 14.4 Å². The minimum Gasteiger partial charge on any atom is -0.381 e. The van der Waals surface area contributed by atoms with E-state index in [-0.39, 0.29) is 29.0 Å². The number of aromatic nitrogens is 2. The molecule has 1 aromatic carbocycles. The van der Waals surface area contributed by atoms with Crippen LogP contribution >= 0.6 is 0 Å². The van der Waals surface area contributed by atoms with Gasteiger partial charge in [0.05, 0.1) is 17.0 Å². The number of hydrogen-bond acceptors (Lipinski definition) is 6. The van der Waals surface area contributed by atoms with Crippen LogP contribution in [-0.4, -0.2) is 95.5 Å². The second-order valence-electron chi connectivity index (χ2n) is 12.7. The summed E-state index contributed by atoms with van der Waals surface area (Å²) in [6, 6.07) is 7.10.